The summed E-state index contributed by atoms with van der Waals surface area (Å²) in [6.45, 7) is 3.98. The molecule has 5 rings (SSSR count). The first kappa shape index (κ1) is 21.9. The number of rotatable bonds is 4. The van der Waals surface area contributed by atoms with Crippen LogP contribution in [0.5, 0.6) is 0 Å². The number of carbonyl (C=O) groups excluding carboxylic acids is 1. The molecule has 2 heterocycles. The normalized spacial score (nSPS) is 21.0. The fourth-order valence-corrected chi connectivity index (χ4v) is 4.97. The number of hydrogen-bond donors (Lipinski definition) is 2. The van der Waals surface area contributed by atoms with E-state index in [1.54, 1.807) is 0 Å². The smallest absolute Gasteiger partial charge is 0.228 e. The van der Waals surface area contributed by atoms with Crippen LogP contribution in [0.3, 0.4) is 0 Å². The van der Waals surface area contributed by atoms with Crippen molar-refractivity contribution >= 4 is 42.1 Å². The van der Waals surface area contributed by atoms with Crippen molar-refractivity contribution in [3.8, 4) is 0 Å². The van der Waals surface area contributed by atoms with Gasteiger partial charge in [-0.15, -0.1) is 24.8 Å². The predicted molar refractivity (Wildman–Crippen MR) is 123 cm³/mol. The maximum atomic E-state index is 12.9. The average molecular weight is 434 g/mol. The van der Waals surface area contributed by atoms with Crippen LogP contribution in [0, 0.1) is 11.3 Å². The third kappa shape index (κ3) is 4.25. The summed E-state index contributed by atoms with van der Waals surface area (Å²) in [7, 11) is 0. The number of benzene rings is 2. The second-order valence-corrected chi connectivity index (χ2v) is 8.32. The molecule has 1 aliphatic carbocycles. The molecule has 0 radical (unpaired) electrons. The molecule has 2 fully saturated rings. The summed E-state index contributed by atoms with van der Waals surface area (Å²) in [6, 6.07) is 16.9. The van der Waals surface area contributed by atoms with E-state index in [2.05, 4.69) is 51.9 Å². The zero-order valence-electron chi connectivity index (χ0n) is 16.5. The monoisotopic (exact) mass is 433 g/mol. The van der Waals surface area contributed by atoms with Gasteiger partial charge in [-0.05, 0) is 67.4 Å². The first-order chi connectivity index (χ1) is 13.3. The third-order valence-corrected chi connectivity index (χ3v) is 6.73. The van der Waals surface area contributed by atoms with Gasteiger partial charge in [0.2, 0.25) is 5.91 Å². The molecule has 1 saturated heterocycles. The molecule has 2 aliphatic heterocycles. The highest BCUT2D eigenvalue weighted by atomic mass is 35.5. The summed E-state index contributed by atoms with van der Waals surface area (Å²) < 4.78 is 0. The SMILES string of the molecule is Cl.Cl.O=C(Nc1ccccc1CN1CCc2ccccc21)C1CC12CCNCC2. The van der Waals surface area contributed by atoms with Crippen LogP contribution in [0.15, 0.2) is 48.5 Å². The fourth-order valence-electron chi connectivity index (χ4n) is 4.97. The lowest BCUT2D eigenvalue weighted by Gasteiger charge is -2.24. The lowest BCUT2D eigenvalue weighted by atomic mass is 9.91. The van der Waals surface area contributed by atoms with Crippen molar-refractivity contribution in [1.82, 2.24) is 5.32 Å². The van der Waals surface area contributed by atoms with Gasteiger partial charge in [-0.2, -0.15) is 0 Å². The Morgan fingerprint density at radius 2 is 1.79 bits per heavy atom. The number of fused-ring (bicyclic) bond motifs is 1. The maximum absolute atomic E-state index is 12.9. The first-order valence-electron chi connectivity index (χ1n) is 10.2. The van der Waals surface area contributed by atoms with Crippen molar-refractivity contribution in [2.45, 2.75) is 32.2 Å². The van der Waals surface area contributed by atoms with Crippen LogP contribution in [0.25, 0.3) is 0 Å². The van der Waals surface area contributed by atoms with Crippen LogP contribution >= 0.6 is 24.8 Å². The van der Waals surface area contributed by atoms with Crippen molar-refractivity contribution in [2.24, 2.45) is 11.3 Å². The van der Waals surface area contributed by atoms with Crippen molar-refractivity contribution in [2.75, 3.05) is 29.9 Å². The Balaban J connectivity index is 0.00000120. The van der Waals surface area contributed by atoms with Crippen molar-refractivity contribution in [3.05, 3.63) is 59.7 Å². The molecular weight excluding hydrogens is 405 g/mol. The number of nitrogens with one attached hydrogen (secondary N) is 2. The quantitative estimate of drug-likeness (QED) is 0.749. The number of para-hydroxylation sites is 2. The van der Waals surface area contributed by atoms with Gasteiger partial charge in [-0.3, -0.25) is 4.79 Å². The second-order valence-electron chi connectivity index (χ2n) is 8.32. The summed E-state index contributed by atoms with van der Waals surface area (Å²) in [4.78, 5) is 15.3. The van der Waals surface area contributed by atoms with E-state index in [0.29, 0.717) is 0 Å². The molecule has 0 bridgehead atoms. The summed E-state index contributed by atoms with van der Waals surface area (Å²) in [5.41, 5.74) is 5.20. The zero-order valence-corrected chi connectivity index (χ0v) is 18.2. The number of amides is 1. The van der Waals surface area contributed by atoms with Crippen LogP contribution in [0.1, 0.15) is 30.4 Å². The summed E-state index contributed by atoms with van der Waals surface area (Å²) in [5.74, 6) is 0.409. The van der Waals surface area contributed by atoms with Crippen molar-refractivity contribution in [1.29, 1.82) is 0 Å². The summed E-state index contributed by atoms with van der Waals surface area (Å²) >= 11 is 0. The van der Waals surface area contributed by atoms with E-state index < -0.39 is 0 Å². The number of halogens is 2. The van der Waals surface area contributed by atoms with Gasteiger partial charge in [-0.25, -0.2) is 0 Å². The Morgan fingerprint density at radius 1 is 1.07 bits per heavy atom. The van der Waals surface area contributed by atoms with Gasteiger partial charge in [0, 0.05) is 30.4 Å². The van der Waals surface area contributed by atoms with Gasteiger partial charge >= 0.3 is 0 Å². The van der Waals surface area contributed by atoms with E-state index >= 15 is 0 Å². The van der Waals surface area contributed by atoms with Crippen molar-refractivity contribution in [3.63, 3.8) is 0 Å². The molecule has 2 aromatic rings. The predicted octanol–water partition coefficient (Wildman–Crippen LogP) is 4.42. The van der Waals surface area contributed by atoms with Crippen LogP contribution in [0.2, 0.25) is 0 Å². The Bertz CT molecular complexity index is 867. The van der Waals surface area contributed by atoms with Crippen LogP contribution in [-0.2, 0) is 17.8 Å². The highest BCUT2D eigenvalue weighted by molar-refractivity contribution is 5.95. The molecule has 4 nitrogen and oxygen atoms in total. The summed E-state index contributed by atoms with van der Waals surface area (Å²) in [6.07, 6.45) is 4.43. The number of nitrogens with zero attached hydrogens (tertiary/aromatic N) is 1. The molecule has 3 aliphatic rings. The molecule has 1 amide bonds. The Hall–Kier alpha value is -1.75. The van der Waals surface area contributed by atoms with Crippen molar-refractivity contribution < 1.29 is 4.79 Å². The number of carbonyl (C=O) groups is 1. The molecule has 1 saturated carbocycles. The summed E-state index contributed by atoms with van der Waals surface area (Å²) in [5, 5.41) is 6.67. The highest BCUT2D eigenvalue weighted by Crippen LogP contribution is 2.58. The van der Waals surface area contributed by atoms with E-state index in [1.165, 1.54) is 16.8 Å². The third-order valence-electron chi connectivity index (χ3n) is 6.73. The van der Waals surface area contributed by atoms with E-state index in [1.807, 2.05) is 12.1 Å². The van der Waals surface area contributed by atoms with Crippen LogP contribution in [0.4, 0.5) is 11.4 Å². The Kier molecular flexibility index (Phi) is 6.77. The van der Waals surface area contributed by atoms with Crippen LogP contribution < -0.4 is 15.5 Å². The molecule has 1 unspecified atom stereocenters. The highest BCUT2D eigenvalue weighted by Gasteiger charge is 2.57. The number of piperidine rings is 1. The molecular formula is C23H29Cl2N3O. The van der Waals surface area contributed by atoms with Gasteiger partial charge in [-0.1, -0.05) is 36.4 Å². The zero-order chi connectivity index (χ0) is 18.3. The van der Waals surface area contributed by atoms with E-state index in [4.69, 9.17) is 0 Å². The minimum Gasteiger partial charge on any atom is -0.367 e. The molecule has 0 aromatic heterocycles. The first-order valence-corrected chi connectivity index (χ1v) is 10.2. The molecule has 156 valence electrons. The Morgan fingerprint density at radius 3 is 2.62 bits per heavy atom. The molecule has 2 N–H and O–H groups in total. The molecule has 1 atom stereocenters. The molecule has 29 heavy (non-hydrogen) atoms. The Labute approximate surface area is 185 Å². The second kappa shape index (κ2) is 8.95. The van der Waals surface area contributed by atoms with E-state index in [-0.39, 0.29) is 42.1 Å². The van der Waals surface area contributed by atoms with Gasteiger partial charge in [0.25, 0.3) is 0 Å². The topological polar surface area (TPSA) is 44.4 Å². The molecule has 1 spiro atoms. The molecule has 2 aromatic carbocycles. The minimum atomic E-state index is 0. The van der Waals surface area contributed by atoms with E-state index in [9.17, 15) is 4.79 Å². The van der Waals surface area contributed by atoms with Gasteiger partial charge in [0.05, 0.1) is 0 Å². The minimum absolute atomic E-state index is 0. The average Bonchev–Trinajstić information content (AvgIpc) is 3.24. The number of hydrogen-bond acceptors (Lipinski definition) is 3. The standard InChI is InChI=1S/C23H27N3O.2ClH/c27-22(19-15-23(19)10-12-24-13-11-23)25-20-7-3-1-6-18(20)16-26-14-9-17-5-2-4-8-21(17)26;;/h1-8,19,24H,9-16H2,(H,25,27);2*1H. The van der Waals surface area contributed by atoms with Gasteiger partial charge in [0.1, 0.15) is 0 Å². The lowest BCUT2D eigenvalue weighted by molar-refractivity contribution is -0.118. The van der Waals surface area contributed by atoms with E-state index in [0.717, 1.165) is 57.5 Å². The van der Waals surface area contributed by atoms with Crippen LogP contribution in [-0.4, -0.2) is 25.5 Å². The molecule has 6 heteroatoms. The van der Waals surface area contributed by atoms with Gasteiger partial charge < -0.3 is 15.5 Å². The maximum Gasteiger partial charge on any atom is 0.228 e. The van der Waals surface area contributed by atoms with Gasteiger partial charge in [0.15, 0.2) is 0 Å². The lowest BCUT2D eigenvalue weighted by Crippen LogP contribution is -2.31. The number of anilines is 2. The fraction of sp³-hybridized carbons (Fsp3) is 0.435. The largest absolute Gasteiger partial charge is 0.367 e.